The number of benzene rings is 2. The average Bonchev–Trinajstić information content (AvgIpc) is 3.70. The molecule has 1 fully saturated rings. The Bertz CT molecular complexity index is 1810. The Hall–Kier alpha value is -4.39. The number of hydrogen-bond donors (Lipinski definition) is 0. The van der Waals surface area contributed by atoms with Gasteiger partial charge in [0, 0.05) is 24.3 Å². The minimum Gasteiger partial charge on any atom is -0.462 e. The van der Waals surface area contributed by atoms with Crippen molar-refractivity contribution < 1.29 is 35.9 Å². The lowest BCUT2D eigenvalue weighted by molar-refractivity contribution is -0.148. The van der Waals surface area contributed by atoms with Crippen molar-refractivity contribution in [3.8, 4) is 17.1 Å². The Morgan fingerprint density at radius 2 is 1.71 bits per heavy atom. The molecule has 0 bridgehead atoms. The van der Waals surface area contributed by atoms with E-state index in [1.54, 1.807) is 12.1 Å². The number of ether oxygens (including phenoxy) is 1. The van der Waals surface area contributed by atoms with E-state index < -0.39 is 36.1 Å². The van der Waals surface area contributed by atoms with Crippen LogP contribution >= 0.6 is 0 Å². The second kappa shape index (κ2) is 13.9. The van der Waals surface area contributed by atoms with E-state index >= 15 is 0 Å². The van der Waals surface area contributed by atoms with Gasteiger partial charge in [-0.2, -0.15) is 31.4 Å². The zero-order chi connectivity index (χ0) is 34.9. The molecule has 260 valence electrons. The number of anilines is 1. The SMILES string of the molecule is CCOC(=O)c1cnn(-c2cccc(-c3cccc4c3N(Cc3ccc(C5CCN(CC(F)(F)F)CC5)c(CC)c3)CC4)n2)c1C(F)(F)F. The molecule has 0 atom stereocenters. The molecule has 0 radical (unpaired) electrons. The lowest BCUT2D eigenvalue weighted by Gasteiger charge is -2.33. The molecule has 2 aromatic heterocycles. The molecule has 0 saturated carbocycles. The van der Waals surface area contributed by atoms with Gasteiger partial charge in [0.2, 0.25) is 0 Å². The fourth-order valence-electron chi connectivity index (χ4n) is 7.08. The summed E-state index contributed by atoms with van der Waals surface area (Å²) < 4.78 is 86.7. The minimum atomic E-state index is -4.89. The highest BCUT2D eigenvalue weighted by Crippen LogP contribution is 2.40. The summed E-state index contributed by atoms with van der Waals surface area (Å²) >= 11 is 0. The molecule has 4 aromatic rings. The Kier molecular flexibility index (Phi) is 9.74. The van der Waals surface area contributed by atoms with Gasteiger partial charge in [-0.15, -0.1) is 0 Å². The zero-order valence-electron chi connectivity index (χ0n) is 27.2. The van der Waals surface area contributed by atoms with Crippen molar-refractivity contribution in [2.75, 3.05) is 37.7 Å². The number of halogens is 6. The summed E-state index contributed by atoms with van der Waals surface area (Å²) in [4.78, 5) is 20.6. The van der Waals surface area contributed by atoms with Crippen LogP contribution in [0.4, 0.5) is 32.0 Å². The molecule has 0 aliphatic carbocycles. The van der Waals surface area contributed by atoms with Crippen LogP contribution < -0.4 is 4.90 Å². The van der Waals surface area contributed by atoms with E-state index in [0.29, 0.717) is 42.9 Å². The van der Waals surface area contributed by atoms with Gasteiger partial charge in [-0.25, -0.2) is 14.5 Å². The highest BCUT2D eigenvalue weighted by atomic mass is 19.4. The molecular weight excluding hydrogens is 648 g/mol. The molecule has 2 aliphatic heterocycles. The van der Waals surface area contributed by atoms with Crippen LogP contribution in [0, 0.1) is 0 Å². The van der Waals surface area contributed by atoms with Crippen LogP contribution in [0.2, 0.25) is 0 Å². The third-order valence-corrected chi connectivity index (χ3v) is 9.24. The van der Waals surface area contributed by atoms with Crippen LogP contribution in [0.1, 0.15) is 70.9 Å². The van der Waals surface area contributed by atoms with Crippen LogP contribution in [0.25, 0.3) is 17.1 Å². The molecular formula is C36H37F6N5O2. The number of hydrogen-bond acceptors (Lipinski definition) is 6. The smallest absolute Gasteiger partial charge is 0.434 e. The fraction of sp³-hybridized carbons (Fsp3) is 0.417. The van der Waals surface area contributed by atoms with Crippen LogP contribution in [0.3, 0.4) is 0 Å². The first-order chi connectivity index (χ1) is 23.4. The topological polar surface area (TPSA) is 63.5 Å². The summed E-state index contributed by atoms with van der Waals surface area (Å²) in [6.07, 6.45) is -5.27. The van der Waals surface area contributed by atoms with Crippen molar-refractivity contribution in [3.63, 3.8) is 0 Å². The van der Waals surface area contributed by atoms with E-state index in [2.05, 4.69) is 40.1 Å². The molecule has 13 heteroatoms. The monoisotopic (exact) mass is 685 g/mol. The highest BCUT2D eigenvalue weighted by Gasteiger charge is 2.41. The number of para-hydroxylation sites is 1. The largest absolute Gasteiger partial charge is 0.462 e. The summed E-state index contributed by atoms with van der Waals surface area (Å²) in [5.41, 5.74) is 4.83. The van der Waals surface area contributed by atoms with E-state index in [4.69, 9.17) is 4.74 Å². The van der Waals surface area contributed by atoms with Gasteiger partial charge < -0.3 is 9.64 Å². The number of aromatic nitrogens is 3. The number of esters is 1. The molecule has 2 aliphatic rings. The molecule has 6 rings (SSSR count). The number of carbonyl (C=O) groups is 1. The van der Waals surface area contributed by atoms with Gasteiger partial charge in [-0.1, -0.05) is 49.4 Å². The summed E-state index contributed by atoms with van der Waals surface area (Å²) in [5, 5.41) is 3.88. The predicted octanol–water partition coefficient (Wildman–Crippen LogP) is 8.00. The fourth-order valence-corrected chi connectivity index (χ4v) is 7.08. The van der Waals surface area contributed by atoms with Gasteiger partial charge in [0.25, 0.3) is 0 Å². The second-order valence-corrected chi connectivity index (χ2v) is 12.5. The summed E-state index contributed by atoms with van der Waals surface area (Å²) in [6.45, 7) is 4.83. The maximum absolute atomic E-state index is 14.2. The number of alkyl halides is 6. The molecule has 49 heavy (non-hydrogen) atoms. The van der Waals surface area contributed by atoms with Gasteiger partial charge in [0.1, 0.15) is 5.56 Å². The number of nitrogens with zero attached hydrogens (tertiary/aromatic N) is 5. The first-order valence-electron chi connectivity index (χ1n) is 16.4. The standard InChI is InChI=1S/C36H37F6N5O2/c1-3-24-19-23(11-12-27(24)25-13-16-45(17-14-25)22-35(37,38)39)21-46-18-15-26-7-5-8-28(32(26)46)30-9-6-10-31(44-30)47-33(36(40,41)42)29(20-43-47)34(48)49-4-2/h5-12,19-20,25H,3-4,13-18,21-22H2,1-2H3. The quantitative estimate of drug-likeness (QED) is 0.132. The Morgan fingerprint density at radius 1 is 0.959 bits per heavy atom. The van der Waals surface area contributed by atoms with E-state index in [0.717, 1.165) is 48.0 Å². The molecule has 1 saturated heterocycles. The molecule has 0 N–H and O–H groups in total. The Labute approximate surface area is 280 Å². The van der Waals surface area contributed by atoms with E-state index in [-0.39, 0.29) is 18.3 Å². The van der Waals surface area contributed by atoms with Crippen LogP contribution in [0.5, 0.6) is 0 Å². The summed E-state index contributed by atoms with van der Waals surface area (Å²) in [6, 6.07) is 17.0. The lowest BCUT2D eigenvalue weighted by Crippen LogP contribution is -2.39. The maximum atomic E-state index is 14.2. The van der Waals surface area contributed by atoms with E-state index in [1.807, 2.05) is 18.2 Å². The van der Waals surface area contributed by atoms with Crippen LogP contribution in [-0.2, 0) is 30.3 Å². The number of rotatable bonds is 9. The highest BCUT2D eigenvalue weighted by molar-refractivity contribution is 5.91. The molecule has 0 amide bonds. The maximum Gasteiger partial charge on any atom is 0.434 e. The average molecular weight is 686 g/mol. The number of carbonyl (C=O) groups excluding carboxylic acids is 1. The van der Waals surface area contributed by atoms with Crippen molar-refractivity contribution in [2.45, 2.75) is 64.3 Å². The predicted molar refractivity (Wildman–Crippen MR) is 173 cm³/mol. The van der Waals surface area contributed by atoms with Crippen molar-refractivity contribution in [1.29, 1.82) is 0 Å². The molecule has 7 nitrogen and oxygen atoms in total. The number of pyridine rings is 1. The number of likely N-dealkylation sites (tertiary alicyclic amines) is 1. The van der Waals surface area contributed by atoms with Crippen molar-refractivity contribution in [1.82, 2.24) is 19.7 Å². The number of aryl methyl sites for hydroxylation is 1. The van der Waals surface area contributed by atoms with E-state index in [1.165, 1.54) is 29.0 Å². The molecule has 0 spiro atoms. The third-order valence-electron chi connectivity index (χ3n) is 9.24. The molecule has 4 heterocycles. The van der Waals surface area contributed by atoms with Gasteiger partial charge in [-0.05, 0) is 86.0 Å². The van der Waals surface area contributed by atoms with Crippen molar-refractivity contribution >= 4 is 11.7 Å². The number of fused-ring (bicyclic) bond motifs is 1. The van der Waals surface area contributed by atoms with Crippen molar-refractivity contribution in [3.05, 3.63) is 94.3 Å². The summed E-state index contributed by atoms with van der Waals surface area (Å²) in [5.74, 6) is -0.985. The normalized spacial score (nSPS) is 15.9. The number of piperidine rings is 1. The Balaban J connectivity index is 1.26. The van der Waals surface area contributed by atoms with Crippen LogP contribution in [-0.4, -0.2) is 64.6 Å². The summed E-state index contributed by atoms with van der Waals surface area (Å²) in [7, 11) is 0. The van der Waals surface area contributed by atoms with E-state index in [9.17, 15) is 31.1 Å². The van der Waals surface area contributed by atoms with Gasteiger partial charge in [-0.3, -0.25) is 4.90 Å². The Morgan fingerprint density at radius 3 is 2.41 bits per heavy atom. The second-order valence-electron chi connectivity index (χ2n) is 12.5. The van der Waals surface area contributed by atoms with Gasteiger partial charge >= 0.3 is 18.3 Å². The first-order valence-corrected chi connectivity index (χ1v) is 16.4. The van der Waals surface area contributed by atoms with Crippen LogP contribution in [0.15, 0.2) is 60.8 Å². The zero-order valence-corrected chi connectivity index (χ0v) is 27.2. The minimum absolute atomic E-state index is 0.0811. The molecule has 0 unspecified atom stereocenters. The first kappa shape index (κ1) is 34.5. The lowest BCUT2D eigenvalue weighted by atomic mass is 9.85. The molecule has 2 aromatic carbocycles. The van der Waals surface area contributed by atoms with Crippen molar-refractivity contribution in [2.24, 2.45) is 0 Å². The van der Waals surface area contributed by atoms with Gasteiger partial charge in [0.05, 0.1) is 25.0 Å². The van der Waals surface area contributed by atoms with Gasteiger partial charge in [0.15, 0.2) is 11.5 Å². The third kappa shape index (κ3) is 7.46.